The lowest BCUT2D eigenvalue weighted by atomic mass is 10.1. The number of hydrogen-bond acceptors (Lipinski definition) is 3. The minimum atomic E-state index is -0.535. The molecule has 1 aliphatic rings. The molecule has 1 aliphatic heterocycles. The number of para-hydroxylation sites is 1. The van der Waals surface area contributed by atoms with Crippen LogP contribution in [0.1, 0.15) is 17.0 Å². The lowest BCUT2D eigenvalue weighted by Gasteiger charge is -2.36. The van der Waals surface area contributed by atoms with Gasteiger partial charge in [-0.1, -0.05) is 24.3 Å². The van der Waals surface area contributed by atoms with Gasteiger partial charge in [0.05, 0.1) is 22.8 Å². The number of piperazine rings is 1. The molecule has 4 rings (SSSR count). The number of rotatable bonds is 4. The second-order valence-corrected chi connectivity index (χ2v) is 7.27. The van der Waals surface area contributed by atoms with Crippen molar-refractivity contribution in [3.05, 3.63) is 77.1 Å². The van der Waals surface area contributed by atoms with Gasteiger partial charge in [0.25, 0.3) is 0 Å². The summed E-state index contributed by atoms with van der Waals surface area (Å²) < 4.78 is 29.0. The minimum absolute atomic E-state index is 0.474. The highest BCUT2D eigenvalue weighted by atomic mass is 19.1. The molecule has 1 fully saturated rings. The Morgan fingerprint density at radius 1 is 0.929 bits per heavy atom. The molecule has 0 saturated carbocycles. The van der Waals surface area contributed by atoms with E-state index < -0.39 is 11.6 Å². The van der Waals surface area contributed by atoms with E-state index in [2.05, 4.69) is 28.9 Å². The minimum Gasteiger partial charge on any atom is -0.366 e. The monoisotopic (exact) mass is 382 g/mol. The number of benzene rings is 2. The maximum Gasteiger partial charge on any atom is 0.130 e. The summed E-state index contributed by atoms with van der Waals surface area (Å²) in [5.74, 6) is -1.01. The van der Waals surface area contributed by atoms with E-state index in [-0.39, 0.29) is 0 Å². The van der Waals surface area contributed by atoms with Crippen LogP contribution in [0.25, 0.3) is 5.69 Å². The second-order valence-electron chi connectivity index (χ2n) is 7.27. The van der Waals surface area contributed by atoms with Crippen LogP contribution < -0.4 is 4.90 Å². The number of aryl methyl sites for hydroxylation is 1. The average molecular weight is 382 g/mol. The molecule has 0 atom stereocenters. The molecule has 2 aromatic carbocycles. The maximum absolute atomic E-state index is 13.9. The van der Waals surface area contributed by atoms with Gasteiger partial charge < -0.3 is 4.90 Å². The van der Waals surface area contributed by atoms with Crippen molar-refractivity contribution in [3.8, 4) is 5.69 Å². The summed E-state index contributed by atoms with van der Waals surface area (Å²) in [5.41, 5.74) is 4.91. The number of halogens is 2. The van der Waals surface area contributed by atoms with Crippen molar-refractivity contribution in [1.82, 2.24) is 14.7 Å². The molecular formula is C22H24F2N4. The Hall–Kier alpha value is -2.73. The predicted octanol–water partition coefficient (Wildman–Crippen LogP) is 4.09. The van der Waals surface area contributed by atoms with Crippen molar-refractivity contribution in [2.45, 2.75) is 20.4 Å². The quantitative estimate of drug-likeness (QED) is 0.679. The van der Waals surface area contributed by atoms with Crippen LogP contribution in [0.5, 0.6) is 0 Å². The zero-order chi connectivity index (χ0) is 19.7. The topological polar surface area (TPSA) is 24.3 Å². The van der Waals surface area contributed by atoms with Crippen LogP contribution in [0.3, 0.4) is 0 Å². The molecule has 3 aromatic rings. The first-order valence-corrected chi connectivity index (χ1v) is 9.56. The molecule has 0 amide bonds. The Labute approximate surface area is 164 Å². The first kappa shape index (κ1) is 18.6. The summed E-state index contributed by atoms with van der Waals surface area (Å²) in [6.45, 7) is 8.00. The smallest absolute Gasteiger partial charge is 0.130 e. The number of hydrogen-bond donors (Lipinski definition) is 0. The van der Waals surface area contributed by atoms with Gasteiger partial charge in [0, 0.05) is 44.4 Å². The normalized spacial score (nSPS) is 15.2. The highest BCUT2D eigenvalue weighted by molar-refractivity contribution is 5.57. The van der Waals surface area contributed by atoms with Gasteiger partial charge in [0.2, 0.25) is 0 Å². The largest absolute Gasteiger partial charge is 0.366 e. The third-order valence-electron chi connectivity index (χ3n) is 5.35. The molecule has 4 nitrogen and oxygen atoms in total. The Bertz CT molecular complexity index is 960. The number of aromatic nitrogens is 2. The van der Waals surface area contributed by atoms with Crippen LogP contribution in [0.2, 0.25) is 0 Å². The molecule has 0 bridgehead atoms. The van der Waals surface area contributed by atoms with E-state index in [4.69, 9.17) is 5.10 Å². The summed E-state index contributed by atoms with van der Waals surface area (Å²) in [4.78, 5) is 4.56. The Kier molecular flexibility index (Phi) is 5.13. The average Bonchev–Trinajstić information content (AvgIpc) is 3.00. The van der Waals surface area contributed by atoms with Gasteiger partial charge in [0.1, 0.15) is 11.6 Å². The van der Waals surface area contributed by atoms with E-state index in [9.17, 15) is 8.78 Å². The molecule has 0 N–H and O–H groups in total. The second kappa shape index (κ2) is 7.72. The zero-order valence-corrected chi connectivity index (χ0v) is 16.2. The van der Waals surface area contributed by atoms with E-state index in [1.807, 2.05) is 29.8 Å². The van der Waals surface area contributed by atoms with E-state index in [0.717, 1.165) is 49.3 Å². The van der Waals surface area contributed by atoms with E-state index in [0.29, 0.717) is 12.1 Å². The number of nitrogens with zero attached hydrogens (tertiary/aromatic N) is 4. The number of anilines is 1. The van der Waals surface area contributed by atoms with Crippen molar-refractivity contribution in [2.75, 3.05) is 31.1 Å². The molecule has 0 aliphatic carbocycles. The van der Waals surface area contributed by atoms with Crippen molar-refractivity contribution >= 4 is 5.69 Å². The Balaban J connectivity index is 1.46. The van der Waals surface area contributed by atoms with Crippen molar-refractivity contribution in [2.24, 2.45) is 0 Å². The summed E-state index contributed by atoms with van der Waals surface area (Å²) in [6, 6.07) is 13.9. The van der Waals surface area contributed by atoms with Crippen LogP contribution in [-0.4, -0.2) is 40.9 Å². The van der Waals surface area contributed by atoms with Gasteiger partial charge in [-0.05, 0) is 32.0 Å². The molecular weight excluding hydrogens is 358 g/mol. The van der Waals surface area contributed by atoms with E-state index >= 15 is 0 Å². The third-order valence-corrected chi connectivity index (χ3v) is 5.35. The molecule has 146 valence electrons. The molecule has 2 heterocycles. The SMILES string of the molecule is Cc1nn(-c2ccccc2)c(C)c1N1CCN(Cc2ccc(F)cc2F)CC1. The van der Waals surface area contributed by atoms with Gasteiger partial charge in [-0.2, -0.15) is 5.10 Å². The molecule has 1 aromatic heterocycles. The van der Waals surface area contributed by atoms with Gasteiger partial charge >= 0.3 is 0 Å². The summed E-state index contributed by atoms with van der Waals surface area (Å²) in [5, 5.41) is 4.74. The summed E-state index contributed by atoms with van der Waals surface area (Å²) >= 11 is 0. The molecule has 0 spiro atoms. The molecule has 0 unspecified atom stereocenters. The fourth-order valence-corrected chi connectivity index (χ4v) is 3.93. The molecule has 28 heavy (non-hydrogen) atoms. The predicted molar refractivity (Wildman–Crippen MR) is 107 cm³/mol. The maximum atomic E-state index is 13.9. The highest BCUT2D eigenvalue weighted by Crippen LogP contribution is 2.28. The fourth-order valence-electron chi connectivity index (χ4n) is 3.93. The van der Waals surface area contributed by atoms with Crippen molar-refractivity contribution in [1.29, 1.82) is 0 Å². The fraction of sp³-hybridized carbons (Fsp3) is 0.318. The van der Waals surface area contributed by atoms with Crippen LogP contribution in [0.4, 0.5) is 14.5 Å². The van der Waals surface area contributed by atoms with E-state index in [1.165, 1.54) is 17.8 Å². The van der Waals surface area contributed by atoms with Crippen LogP contribution in [-0.2, 0) is 6.54 Å². The van der Waals surface area contributed by atoms with Gasteiger partial charge in [-0.25, -0.2) is 13.5 Å². The Morgan fingerprint density at radius 2 is 1.64 bits per heavy atom. The zero-order valence-electron chi connectivity index (χ0n) is 16.2. The molecule has 1 saturated heterocycles. The van der Waals surface area contributed by atoms with Crippen molar-refractivity contribution in [3.63, 3.8) is 0 Å². The highest BCUT2D eigenvalue weighted by Gasteiger charge is 2.23. The van der Waals surface area contributed by atoms with Crippen LogP contribution in [0, 0.1) is 25.5 Å². The van der Waals surface area contributed by atoms with Gasteiger partial charge in [-0.15, -0.1) is 0 Å². The van der Waals surface area contributed by atoms with Crippen LogP contribution >= 0.6 is 0 Å². The first-order chi connectivity index (χ1) is 13.5. The first-order valence-electron chi connectivity index (χ1n) is 9.56. The lowest BCUT2D eigenvalue weighted by Crippen LogP contribution is -2.46. The lowest BCUT2D eigenvalue weighted by molar-refractivity contribution is 0.246. The van der Waals surface area contributed by atoms with Crippen molar-refractivity contribution < 1.29 is 8.78 Å². The van der Waals surface area contributed by atoms with Gasteiger partial charge in [0.15, 0.2) is 0 Å². The summed E-state index contributed by atoms with van der Waals surface area (Å²) in [6.07, 6.45) is 0. The Morgan fingerprint density at radius 3 is 2.32 bits per heavy atom. The molecule has 6 heteroatoms. The molecule has 0 radical (unpaired) electrons. The summed E-state index contributed by atoms with van der Waals surface area (Å²) in [7, 11) is 0. The van der Waals surface area contributed by atoms with Crippen LogP contribution in [0.15, 0.2) is 48.5 Å². The standard InChI is InChI=1S/C22H24F2N4/c1-16-22(17(2)28(25-16)20-6-4-3-5-7-20)27-12-10-26(11-13-27)15-18-8-9-19(23)14-21(18)24/h3-9,14H,10-13,15H2,1-2H3. The van der Waals surface area contributed by atoms with E-state index in [1.54, 1.807) is 0 Å². The third kappa shape index (κ3) is 3.64. The van der Waals surface area contributed by atoms with Gasteiger partial charge in [-0.3, -0.25) is 4.90 Å².